The van der Waals surface area contributed by atoms with Crippen molar-refractivity contribution in [2.24, 2.45) is 4.99 Å². The van der Waals surface area contributed by atoms with Crippen molar-refractivity contribution in [2.75, 3.05) is 27.6 Å². The molecule has 1 aliphatic heterocycles. The normalized spacial score (nSPS) is 12.8. The quantitative estimate of drug-likeness (QED) is 0.539. The number of carbonyl (C=O) groups excluding carboxylic acids is 2. The highest BCUT2D eigenvalue weighted by atomic mass is 32.1. The first-order valence-electron chi connectivity index (χ1n) is 9.43. The minimum atomic E-state index is -0.510. The zero-order chi connectivity index (χ0) is 22.0. The van der Waals surface area contributed by atoms with Gasteiger partial charge in [0, 0.05) is 18.2 Å². The lowest BCUT2D eigenvalue weighted by Crippen LogP contribution is -2.23. The number of hydrogen-bond acceptors (Lipinski definition) is 8. The summed E-state index contributed by atoms with van der Waals surface area (Å²) in [5.74, 6) is 1.12. The molecule has 4 rings (SSSR count). The average molecular weight is 444 g/mol. The van der Waals surface area contributed by atoms with Gasteiger partial charge in [-0.1, -0.05) is 11.3 Å². The summed E-state index contributed by atoms with van der Waals surface area (Å²) in [4.78, 5) is 29.8. The highest BCUT2D eigenvalue weighted by molar-refractivity contribution is 7.16. The van der Waals surface area contributed by atoms with E-state index in [1.807, 2.05) is 0 Å². The summed E-state index contributed by atoms with van der Waals surface area (Å²) in [6.07, 6.45) is 0. The molecule has 2 aromatic carbocycles. The van der Waals surface area contributed by atoms with Crippen molar-refractivity contribution in [3.05, 3.63) is 40.7 Å². The second-order valence-electron chi connectivity index (χ2n) is 6.43. The van der Waals surface area contributed by atoms with E-state index in [4.69, 9.17) is 23.7 Å². The van der Waals surface area contributed by atoms with Gasteiger partial charge in [0.2, 0.25) is 6.79 Å². The molecule has 1 aromatic heterocycles. The number of benzene rings is 2. The predicted molar refractivity (Wildman–Crippen MR) is 112 cm³/mol. The zero-order valence-corrected chi connectivity index (χ0v) is 18.0. The lowest BCUT2D eigenvalue weighted by atomic mass is 10.2. The summed E-state index contributed by atoms with van der Waals surface area (Å²) in [6.45, 7) is 2.02. The van der Waals surface area contributed by atoms with Crippen molar-refractivity contribution < 1.29 is 33.3 Å². The fourth-order valence-corrected chi connectivity index (χ4v) is 4.19. The Morgan fingerprint density at radius 2 is 1.90 bits per heavy atom. The first kappa shape index (κ1) is 20.7. The SMILES string of the molecule is CCOC(=O)Cn1c(=NC(=O)c2ccc(OC)cc2OC)sc2cc3c(cc21)OCO3. The van der Waals surface area contributed by atoms with Crippen LogP contribution in [0.15, 0.2) is 35.3 Å². The molecule has 0 unspecified atom stereocenters. The first-order chi connectivity index (χ1) is 15.0. The van der Waals surface area contributed by atoms with Crippen LogP contribution < -0.4 is 23.7 Å². The van der Waals surface area contributed by atoms with Crippen LogP contribution in [0, 0.1) is 0 Å². The zero-order valence-electron chi connectivity index (χ0n) is 17.2. The number of carbonyl (C=O) groups is 2. The Bertz CT molecular complexity index is 1230. The van der Waals surface area contributed by atoms with E-state index in [0.29, 0.717) is 33.3 Å². The number of fused-ring (bicyclic) bond motifs is 2. The van der Waals surface area contributed by atoms with Crippen LogP contribution >= 0.6 is 11.3 Å². The number of hydrogen-bond donors (Lipinski definition) is 0. The van der Waals surface area contributed by atoms with Crippen molar-refractivity contribution in [3.63, 3.8) is 0 Å². The molecule has 0 saturated heterocycles. The van der Waals surface area contributed by atoms with Crippen LogP contribution in [0.3, 0.4) is 0 Å². The number of thiazole rings is 1. The first-order valence-corrected chi connectivity index (χ1v) is 10.3. The van der Waals surface area contributed by atoms with E-state index in [1.54, 1.807) is 41.8 Å². The van der Waals surface area contributed by atoms with Crippen LogP contribution in [0.2, 0.25) is 0 Å². The number of nitrogens with zero attached hydrogens (tertiary/aromatic N) is 2. The summed E-state index contributed by atoms with van der Waals surface area (Å²) in [5, 5.41) is 0. The van der Waals surface area contributed by atoms with Crippen molar-refractivity contribution in [3.8, 4) is 23.0 Å². The highest BCUT2D eigenvalue weighted by Crippen LogP contribution is 2.37. The molecule has 2 heterocycles. The molecule has 0 atom stereocenters. The average Bonchev–Trinajstić information content (AvgIpc) is 3.35. The number of rotatable bonds is 6. The molecule has 0 aliphatic carbocycles. The van der Waals surface area contributed by atoms with E-state index < -0.39 is 11.9 Å². The topological polar surface area (TPSA) is 97.6 Å². The van der Waals surface area contributed by atoms with E-state index in [1.165, 1.54) is 25.6 Å². The molecule has 3 aromatic rings. The van der Waals surface area contributed by atoms with Gasteiger partial charge < -0.3 is 28.3 Å². The predicted octanol–water partition coefficient (Wildman–Crippen LogP) is 2.75. The van der Waals surface area contributed by atoms with Crippen LogP contribution in [0.5, 0.6) is 23.0 Å². The second-order valence-corrected chi connectivity index (χ2v) is 7.44. The molecule has 0 saturated carbocycles. The van der Waals surface area contributed by atoms with Gasteiger partial charge in [-0.05, 0) is 19.1 Å². The van der Waals surface area contributed by atoms with Crippen molar-refractivity contribution in [1.82, 2.24) is 4.57 Å². The third kappa shape index (κ3) is 4.06. The van der Waals surface area contributed by atoms with E-state index in [0.717, 1.165) is 4.70 Å². The smallest absolute Gasteiger partial charge is 0.326 e. The fourth-order valence-electron chi connectivity index (χ4n) is 3.16. The summed E-state index contributed by atoms with van der Waals surface area (Å²) >= 11 is 1.26. The minimum absolute atomic E-state index is 0.0979. The van der Waals surface area contributed by atoms with Crippen molar-refractivity contribution >= 4 is 33.4 Å². The van der Waals surface area contributed by atoms with Crippen LogP contribution in [0.4, 0.5) is 0 Å². The number of methoxy groups -OCH3 is 2. The monoisotopic (exact) mass is 444 g/mol. The third-order valence-electron chi connectivity index (χ3n) is 4.61. The van der Waals surface area contributed by atoms with Gasteiger partial charge in [-0.3, -0.25) is 9.59 Å². The van der Waals surface area contributed by atoms with Crippen LogP contribution in [-0.2, 0) is 16.1 Å². The summed E-state index contributed by atoms with van der Waals surface area (Å²) in [6, 6.07) is 8.43. The highest BCUT2D eigenvalue weighted by Gasteiger charge is 2.20. The Kier molecular flexibility index (Phi) is 5.81. The van der Waals surface area contributed by atoms with Gasteiger partial charge in [-0.25, -0.2) is 0 Å². The van der Waals surface area contributed by atoms with Gasteiger partial charge in [0.05, 0.1) is 36.6 Å². The van der Waals surface area contributed by atoms with Crippen LogP contribution in [-0.4, -0.2) is 44.1 Å². The van der Waals surface area contributed by atoms with E-state index >= 15 is 0 Å². The molecule has 0 bridgehead atoms. The van der Waals surface area contributed by atoms with Gasteiger partial charge >= 0.3 is 5.97 Å². The summed E-state index contributed by atoms with van der Waals surface area (Å²) < 4.78 is 28.9. The number of esters is 1. The molecular weight excluding hydrogens is 424 g/mol. The van der Waals surface area contributed by atoms with E-state index in [9.17, 15) is 9.59 Å². The largest absolute Gasteiger partial charge is 0.497 e. The van der Waals surface area contributed by atoms with Gasteiger partial charge in [0.1, 0.15) is 18.0 Å². The molecule has 0 spiro atoms. The summed E-state index contributed by atoms with van der Waals surface area (Å²) in [5.41, 5.74) is 0.966. The maximum absolute atomic E-state index is 13.0. The van der Waals surface area contributed by atoms with Crippen molar-refractivity contribution in [2.45, 2.75) is 13.5 Å². The number of amides is 1. The molecule has 0 fully saturated rings. The lowest BCUT2D eigenvalue weighted by Gasteiger charge is -2.08. The summed E-state index contributed by atoms with van der Waals surface area (Å²) in [7, 11) is 2.99. The van der Waals surface area contributed by atoms with E-state index in [2.05, 4.69) is 4.99 Å². The molecule has 0 N–H and O–H groups in total. The second kappa shape index (κ2) is 8.68. The molecule has 10 heteroatoms. The standard InChI is InChI=1S/C21H20N2O7S/c1-4-28-19(24)10-23-14-8-16-17(30-11-29-16)9-18(14)31-21(23)22-20(25)13-6-5-12(26-2)7-15(13)27-3/h5-9H,4,10-11H2,1-3H3. The van der Waals surface area contributed by atoms with Crippen molar-refractivity contribution in [1.29, 1.82) is 0 Å². The molecular formula is C21H20N2O7S. The maximum Gasteiger partial charge on any atom is 0.326 e. The van der Waals surface area contributed by atoms with Gasteiger partial charge in [0.15, 0.2) is 16.3 Å². The molecule has 1 aliphatic rings. The molecule has 9 nitrogen and oxygen atoms in total. The van der Waals surface area contributed by atoms with Gasteiger partial charge in [0.25, 0.3) is 5.91 Å². The number of aromatic nitrogens is 1. The minimum Gasteiger partial charge on any atom is -0.497 e. The van der Waals surface area contributed by atoms with Gasteiger partial charge in [-0.2, -0.15) is 4.99 Å². The third-order valence-corrected chi connectivity index (χ3v) is 5.65. The Hall–Kier alpha value is -3.53. The molecule has 0 radical (unpaired) electrons. The van der Waals surface area contributed by atoms with E-state index in [-0.39, 0.29) is 25.5 Å². The maximum atomic E-state index is 13.0. The Labute approximate surface area is 181 Å². The number of ether oxygens (including phenoxy) is 5. The van der Waals surface area contributed by atoms with Gasteiger partial charge in [-0.15, -0.1) is 0 Å². The Morgan fingerprint density at radius 3 is 2.61 bits per heavy atom. The van der Waals surface area contributed by atoms with Crippen LogP contribution in [0.1, 0.15) is 17.3 Å². The molecule has 162 valence electrons. The fraction of sp³-hybridized carbons (Fsp3) is 0.286. The molecule has 1 amide bonds. The van der Waals surface area contributed by atoms with Crippen LogP contribution in [0.25, 0.3) is 10.2 Å². The Morgan fingerprint density at radius 1 is 1.13 bits per heavy atom. The Balaban J connectivity index is 1.83. The molecule has 31 heavy (non-hydrogen) atoms. The lowest BCUT2D eigenvalue weighted by molar-refractivity contribution is -0.143.